The fraction of sp³-hybridized carbons (Fsp3) is 0.333. The van der Waals surface area contributed by atoms with Crippen LogP contribution in [0.25, 0.3) is 5.69 Å². The summed E-state index contributed by atoms with van der Waals surface area (Å²) in [7, 11) is 2.17. The number of pyridine rings is 2. The lowest BCUT2D eigenvalue weighted by Gasteiger charge is -2.37. The summed E-state index contributed by atoms with van der Waals surface area (Å²) in [5.74, 6) is -0.500. The molecule has 49 heavy (non-hydrogen) atoms. The highest BCUT2D eigenvalue weighted by Crippen LogP contribution is 2.40. The molecule has 2 aromatic carbocycles. The number of likely N-dealkylation sites (N-methyl/N-ethyl adjacent to an activating group) is 1. The molecule has 4 aromatic rings. The molecule has 0 radical (unpaired) electrons. The number of piperazine rings is 1. The summed E-state index contributed by atoms with van der Waals surface area (Å²) < 4.78 is 35.4. The van der Waals surface area contributed by atoms with Crippen LogP contribution >= 0.6 is 0 Å². The fourth-order valence-corrected chi connectivity index (χ4v) is 7.11. The number of likely N-dealkylation sites (tertiary alicyclic amines) is 1. The van der Waals surface area contributed by atoms with E-state index in [4.69, 9.17) is 4.74 Å². The molecule has 2 saturated heterocycles. The second-order valence-electron chi connectivity index (χ2n) is 13.0. The Morgan fingerprint density at radius 3 is 2.35 bits per heavy atom. The molecule has 2 N–H and O–H groups in total. The maximum atomic E-state index is 15.1. The summed E-state index contributed by atoms with van der Waals surface area (Å²) in [6.45, 7) is 5.87. The van der Waals surface area contributed by atoms with E-state index in [2.05, 4.69) is 32.5 Å². The average molecular weight is 670 g/mol. The van der Waals surface area contributed by atoms with Gasteiger partial charge in [0.2, 0.25) is 0 Å². The number of hydrogen-bond donors (Lipinski definition) is 2. The molecule has 1 aliphatic carbocycles. The number of hydrogen-bond acceptors (Lipinski definition) is 7. The molecule has 1 saturated carbocycles. The molecule has 2 aliphatic heterocycles. The number of ether oxygens (including phenoxy) is 1. The molecule has 3 fully saturated rings. The lowest BCUT2D eigenvalue weighted by Crippen LogP contribution is -2.48. The van der Waals surface area contributed by atoms with Crippen LogP contribution in [0, 0.1) is 23.5 Å². The summed E-state index contributed by atoms with van der Waals surface area (Å²) in [6.07, 6.45) is 5.18. The standard InChI is InChI=1S/C36H37F2N7O4/c1-42-13-15-43(16-14-42)28-17-23-21-44(22-24(23)18-28)36(48)41-33-20-29(10-11-39-33)49-32-9-6-26(19-31(32)38)40-34(46)30-3-2-12-45(35(30)47)27-7-4-25(37)5-8-27/h2-12,19-20,23-24,28H,13-18,21-22H2,1H3,(H,40,46)(H,39,41,48)/t23-,24+,28?. The van der Waals surface area contributed by atoms with Crippen molar-refractivity contribution in [2.24, 2.45) is 11.8 Å². The van der Waals surface area contributed by atoms with Crippen molar-refractivity contribution in [3.05, 3.63) is 107 Å². The summed E-state index contributed by atoms with van der Waals surface area (Å²) >= 11 is 0. The van der Waals surface area contributed by atoms with Gasteiger partial charge in [0.15, 0.2) is 11.6 Å². The van der Waals surface area contributed by atoms with E-state index in [1.165, 1.54) is 71.6 Å². The second kappa shape index (κ2) is 13.8. The highest BCUT2D eigenvalue weighted by Gasteiger charge is 2.44. The van der Waals surface area contributed by atoms with E-state index in [0.717, 1.165) is 58.2 Å². The van der Waals surface area contributed by atoms with Gasteiger partial charge in [-0.15, -0.1) is 0 Å². The van der Waals surface area contributed by atoms with Crippen LogP contribution in [0.15, 0.2) is 83.9 Å². The van der Waals surface area contributed by atoms with Gasteiger partial charge in [0, 0.05) is 81.2 Å². The first-order valence-electron chi connectivity index (χ1n) is 16.4. The minimum Gasteiger partial charge on any atom is -0.454 e. The molecule has 3 atom stereocenters. The number of anilines is 2. The number of halogens is 2. The Balaban J connectivity index is 0.939. The van der Waals surface area contributed by atoms with Gasteiger partial charge in [-0.2, -0.15) is 0 Å². The Labute approximate surface area is 282 Å². The average Bonchev–Trinajstić information content (AvgIpc) is 3.67. The first kappa shape index (κ1) is 32.4. The van der Waals surface area contributed by atoms with Crippen LogP contribution in [0.2, 0.25) is 0 Å². The molecule has 1 unspecified atom stereocenters. The number of urea groups is 1. The van der Waals surface area contributed by atoms with Crippen molar-refractivity contribution in [2.45, 2.75) is 18.9 Å². The molecular weight excluding hydrogens is 632 g/mol. The monoisotopic (exact) mass is 669 g/mol. The normalized spacial score (nSPS) is 21.0. The maximum Gasteiger partial charge on any atom is 0.323 e. The Morgan fingerprint density at radius 2 is 1.63 bits per heavy atom. The number of benzene rings is 2. The van der Waals surface area contributed by atoms with Crippen LogP contribution in [0.4, 0.5) is 25.1 Å². The molecule has 254 valence electrons. The van der Waals surface area contributed by atoms with Gasteiger partial charge in [0.1, 0.15) is 22.9 Å². The fourth-order valence-electron chi connectivity index (χ4n) is 7.11. The molecule has 7 rings (SSSR count). The number of carbonyl (C=O) groups excluding carboxylic acids is 2. The predicted molar refractivity (Wildman–Crippen MR) is 180 cm³/mol. The topological polar surface area (TPSA) is 112 Å². The van der Waals surface area contributed by atoms with Crippen molar-refractivity contribution in [1.82, 2.24) is 24.3 Å². The highest BCUT2D eigenvalue weighted by atomic mass is 19.1. The third-order valence-electron chi connectivity index (χ3n) is 9.75. The number of nitrogens with zero attached hydrogens (tertiary/aromatic N) is 5. The van der Waals surface area contributed by atoms with E-state index < -0.39 is 23.1 Å². The van der Waals surface area contributed by atoms with Crippen molar-refractivity contribution in [1.29, 1.82) is 0 Å². The molecule has 13 heteroatoms. The van der Waals surface area contributed by atoms with Gasteiger partial charge in [-0.25, -0.2) is 18.6 Å². The molecular formula is C36H37F2N7O4. The molecule has 3 aliphatic rings. The summed E-state index contributed by atoms with van der Waals surface area (Å²) in [4.78, 5) is 50.1. The van der Waals surface area contributed by atoms with E-state index in [1.807, 2.05) is 4.90 Å². The summed E-state index contributed by atoms with van der Waals surface area (Å²) in [6, 6.07) is 15.5. The predicted octanol–water partition coefficient (Wildman–Crippen LogP) is 5.05. The van der Waals surface area contributed by atoms with Crippen LogP contribution in [0.3, 0.4) is 0 Å². The largest absolute Gasteiger partial charge is 0.454 e. The zero-order valence-electron chi connectivity index (χ0n) is 27.0. The van der Waals surface area contributed by atoms with Crippen molar-refractivity contribution in [2.75, 3.05) is 56.9 Å². The summed E-state index contributed by atoms with van der Waals surface area (Å²) in [5, 5.41) is 5.39. The van der Waals surface area contributed by atoms with Crippen LogP contribution in [0.1, 0.15) is 23.2 Å². The molecule has 4 heterocycles. The molecule has 0 spiro atoms. The summed E-state index contributed by atoms with van der Waals surface area (Å²) in [5.41, 5.74) is -0.291. The minimum atomic E-state index is -0.754. The lowest BCUT2D eigenvalue weighted by molar-refractivity contribution is 0.102. The SMILES string of the molecule is CN1CCN(C2C[C@@H]3CN(C(=O)Nc4cc(Oc5ccc(NC(=O)c6cccn(-c7ccc(F)cc7)c6=O)cc5F)ccn4)C[C@@H]3C2)CC1. The van der Waals surface area contributed by atoms with Crippen molar-refractivity contribution in [3.8, 4) is 17.2 Å². The van der Waals surface area contributed by atoms with Crippen LogP contribution in [-0.4, -0.2) is 88.5 Å². The van der Waals surface area contributed by atoms with Crippen LogP contribution < -0.4 is 20.9 Å². The van der Waals surface area contributed by atoms with Gasteiger partial charge in [-0.1, -0.05) is 0 Å². The van der Waals surface area contributed by atoms with Crippen molar-refractivity contribution >= 4 is 23.4 Å². The minimum absolute atomic E-state index is 0.109. The Morgan fingerprint density at radius 1 is 0.898 bits per heavy atom. The first-order valence-corrected chi connectivity index (χ1v) is 16.4. The van der Waals surface area contributed by atoms with E-state index in [-0.39, 0.29) is 34.6 Å². The first-order chi connectivity index (χ1) is 23.7. The van der Waals surface area contributed by atoms with E-state index in [1.54, 1.807) is 6.07 Å². The zero-order valence-corrected chi connectivity index (χ0v) is 27.0. The Hall–Kier alpha value is -5.14. The van der Waals surface area contributed by atoms with Crippen LogP contribution in [0.5, 0.6) is 11.5 Å². The van der Waals surface area contributed by atoms with Gasteiger partial charge in [0.05, 0.1) is 0 Å². The van der Waals surface area contributed by atoms with Gasteiger partial charge in [-0.05, 0) is 86.3 Å². The number of fused-ring (bicyclic) bond motifs is 1. The lowest BCUT2D eigenvalue weighted by atomic mass is 10.0. The highest BCUT2D eigenvalue weighted by molar-refractivity contribution is 6.04. The number of rotatable bonds is 7. The molecule has 0 bridgehead atoms. The van der Waals surface area contributed by atoms with Gasteiger partial charge >= 0.3 is 6.03 Å². The third-order valence-corrected chi connectivity index (χ3v) is 9.75. The van der Waals surface area contributed by atoms with Crippen LogP contribution in [-0.2, 0) is 0 Å². The van der Waals surface area contributed by atoms with Gasteiger partial charge < -0.3 is 19.9 Å². The van der Waals surface area contributed by atoms with E-state index >= 15 is 4.39 Å². The number of carbonyl (C=O) groups is 2. The third kappa shape index (κ3) is 7.18. The number of nitrogens with one attached hydrogen (secondary N) is 2. The Kier molecular flexibility index (Phi) is 9.11. The number of amides is 3. The van der Waals surface area contributed by atoms with Crippen molar-refractivity contribution in [3.63, 3.8) is 0 Å². The maximum absolute atomic E-state index is 15.1. The molecule has 11 nitrogen and oxygen atoms in total. The smallest absolute Gasteiger partial charge is 0.323 e. The van der Waals surface area contributed by atoms with Gasteiger partial charge in [0.25, 0.3) is 11.5 Å². The van der Waals surface area contributed by atoms with Crippen molar-refractivity contribution < 1.29 is 23.1 Å². The van der Waals surface area contributed by atoms with E-state index in [9.17, 15) is 18.8 Å². The van der Waals surface area contributed by atoms with E-state index in [0.29, 0.717) is 23.6 Å². The zero-order chi connectivity index (χ0) is 34.1. The number of aromatic nitrogens is 2. The molecule has 3 amide bonds. The Bertz CT molecular complexity index is 1900. The molecule has 2 aromatic heterocycles. The van der Waals surface area contributed by atoms with Gasteiger partial charge in [-0.3, -0.25) is 24.4 Å². The quantitative estimate of drug-likeness (QED) is 0.284. The second-order valence-corrected chi connectivity index (χ2v) is 13.0.